The van der Waals surface area contributed by atoms with Crippen LogP contribution in [0.15, 0.2) is 0 Å². The monoisotopic (exact) mass is 156 g/mol. The van der Waals surface area contributed by atoms with Crippen LogP contribution in [0.4, 0.5) is 5.95 Å². The molecule has 1 atom stereocenters. The van der Waals surface area contributed by atoms with E-state index in [1.54, 1.807) is 11.7 Å². The molecule has 0 saturated carbocycles. The van der Waals surface area contributed by atoms with E-state index in [9.17, 15) is 0 Å². The van der Waals surface area contributed by atoms with Gasteiger partial charge < -0.3 is 11.1 Å². The van der Waals surface area contributed by atoms with Gasteiger partial charge in [-0.25, -0.2) is 4.68 Å². The van der Waals surface area contributed by atoms with Crippen molar-refractivity contribution < 1.29 is 0 Å². The molecule has 1 aromatic heterocycles. The van der Waals surface area contributed by atoms with Gasteiger partial charge in [0, 0.05) is 19.6 Å². The third-order valence-corrected chi connectivity index (χ3v) is 1.35. The van der Waals surface area contributed by atoms with Crippen molar-refractivity contribution in [1.29, 1.82) is 0 Å². The average Bonchev–Trinajstić information content (AvgIpc) is 2.37. The molecule has 0 bridgehead atoms. The summed E-state index contributed by atoms with van der Waals surface area (Å²) < 4.78 is 1.56. The molecular formula is C5H12N6. The van der Waals surface area contributed by atoms with E-state index in [-0.39, 0.29) is 6.04 Å². The zero-order valence-corrected chi connectivity index (χ0v) is 6.65. The lowest BCUT2D eigenvalue weighted by atomic mass is 10.3. The summed E-state index contributed by atoms with van der Waals surface area (Å²) >= 11 is 0. The van der Waals surface area contributed by atoms with E-state index in [1.165, 1.54) is 0 Å². The first kappa shape index (κ1) is 7.93. The maximum atomic E-state index is 5.40. The summed E-state index contributed by atoms with van der Waals surface area (Å²) in [6, 6.07) is 0.194. The Balaban J connectivity index is 2.56. The van der Waals surface area contributed by atoms with Crippen LogP contribution < -0.4 is 11.1 Å². The Morgan fingerprint density at radius 3 is 2.91 bits per heavy atom. The molecular weight excluding hydrogens is 144 g/mol. The highest BCUT2D eigenvalue weighted by Crippen LogP contribution is 1.97. The first-order chi connectivity index (χ1) is 5.24. The number of tetrazole rings is 1. The van der Waals surface area contributed by atoms with Gasteiger partial charge in [-0.05, 0) is 17.4 Å². The number of anilines is 1. The lowest BCUT2D eigenvalue weighted by molar-refractivity contribution is 0.701. The number of aromatic nitrogens is 4. The Morgan fingerprint density at radius 2 is 2.45 bits per heavy atom. The maximum absolute atomic E-state index is 5.40. The number of hydrogen-bond acceptors (Lipinski definition) is 5. The van der Waals surface area contributed by atoms with E-state index in [4.69, 9.17) is 5.73 Å². The van der Waals surface area contributed by atoms with Crippen LogP contribution in [0.3, 0.4) is 0 Å². The Bertz CT molecular complexity index is 219. The highest BCUT2D eigenvalue weighted by Gasteiger charge is 2.03. The molecule has 0 aliphatic rings. The Morgan fingerprint density at radius 1 is 1.73 bits per heavy atom. The summed E-state index contributed by atoms with van der Waals surface area (Å²) in [5.74, 6) is 0.642. The average molecular weight is 156 g/mol. The van der Waals surface area contributed by atoms with Gasteiger partial charge >= 0.3 is 0 Å². The molecule has 1 aromatic rings. The van der Waals surface area contributed by atoms with Crippen molar-refractivity contribution in [2.75, 3.05) is 11.9 Å². The molecule has 11 heavy (non-hydrogen) atoms. The fourth-order valence-corrected chi connectivity index (χ4v) is 0.631. The van der Waals surface area contributed by atoms with Crippen molar-refractivity contribution in [3.63, 3.8) is 0 Å². The molecule has 6 nitrogen and oxygen atoms in total. The minimum absolute atomic E-state index is 0.194. The fourth-order valence-electron chi connectivity index (χ4n) is 0.631. The maximum Gasteiger partial charge on any atom is 0.242 e. The van der Waals surface area contributed by atoms with E-state index in [0.29, 0.717) is 12.5 Å². The standard InChI is InChI=1S/C5H12N6/c1-4(3-6)7-5-8-9-10-11(5)2/h4H,3,6H2,1-2H3,(H,7,8,10). The molecule has 1 heterocycles. The number of nitrogens with zero attached hydrogens (tertiary/aromatic N) is 4. The summed E-state index contributed by atoms with van der Waals surface area (Å²) in [5, 5.41) is 13.9. The smallest absolute Gasteiger partial charge is 0.242 e. The quantitative estimate of drug-likeness (QED) is 0.584. The van der Waals surface area contributed by atoms with Gasteiger partial charge in [-0.3, -0.25) is 0 Å². The first-order valence-electron chi connectivity index (χ1n) is 3.43. The molecule has 0 saturated heterocycles. The third kappa shape index (κ3) is 1.87. The summed E-state index contributed by atoms with van der Waals surface area (Å²) in [6.45, 7) is 2.53. The van der Waals surface area contributed by atoms with Crippen molar-refractivity contribution in [2.45, 2.75) is 13.0 Å². The molecule has 0 spiro atoms. The molecule has 62 valence electrons. The van der Waals surface area contributed by atoms with Crippen LogP contribution in [0.25, 0.3) is 0 Å². The second kappa shape index (κ2) is 3.29. The molecule has 3 N–H and O–H groups in total. The van der Waals surface area contributed by atoms with Crippen molar-refractivity contribution in [3.05, 3.63) is 0 Å². The SMILES string of the molecule is CC(CN)Nc1nnnn1C. The second-order valence-corrected chi connectivity index (χ2v) is 2.41. The van der Waals surface area contributed by atoms with Gasteiger partial charge in [-0.15, -0.1) is 0 Å². The largest absolute Gasteiger partial charge is 0.349 e. The van der Waals surface area contributed by atoms with E-state index < -0.39 is 0 Å². The Kier molecular flexibility index (Phi) is 2.37. The van der Waals surface area contributed by atoms with Crippen LogP contribution in [-0.2, 0) is 7.05 Å². The first-order valence-corrected chi connectivity index (χ1v) is 3.43. The lowest BCUT2D eigenvalue weighted by Gasteiger charge is -2.09. The fraction of sp³-hybridized carbons (Fsp3) is 0.800. The predicted octanol–water partition coefficient (Wildman–Crippen LogP) is -1.03. The van der Waals surface area contributed by atoms with Crippen molar-refractivity contribution >= 4 is 5.95 Å². The summed E-state index contributed by atoms with van der Waals surface area (Å²) in [6.07, 6.45) is 0. The number of hydrogen-bond donors (Lipinski definition) is 2. The van der Waals surface area contributed by atoms with Gasteiger partial charge in [-0.2, -0.15) is 0 Å². The zero-order valence-electron chi connectivity index (χ0n) is 6.65. The van der Waals surface area contributed by atoms with Crippen LogP contribution in [0.2, 0.25) is 0 Å². The highest BCUT2D eigenvalue weighted by atomic mass is 15.6. The number of aryl methyl sites for hydroxylation is 1. The molecule has 0 aliphatic heterocycles. The van der Waals surface area contributed by atoms with Gasteiger partial charge in [0.2, 0.25) is 5.95 Å². The van der Waals surface area contributed by atoms with E-state index >= 15 is 0 Å². The van der Waals surface area contributed by atoms with Crippen LogP contribution in [0.5, 0.6) is 0 Å². The molecule has 0 amide bonds. The predicted molar refractivity (Wildman–Crippen MR) is 40.9 cm³/mol. The van der Waals surface area contributed by atoms with Gasteiger partial charge in [0.25, 0.3) is 0 Å². The zero-order chi connectivity index (χ0) is 8.27. The van der Waals surface area contributed by atoms with E-state index in [1.807, 2.05) is 6.92 Å². The number of nitrogens with one attached hydrogen (secondary N) is 1. The Hall–Kier alpha value is -1.17. The van der Waals surface area contributed by atoms with Gasteiger partial charge in [0.05, 0.1) is 0 Å². The Labute approximate surface area is 64.8 Å². The second-order valence-electron chi connectivity index (χ2n) is 2.41. The van der Waals surface area contributed by atoms with E-state index in [0.717, 1.165) is 0 Å². The normalized spacial score (nSPS) is 13.0. The van der Waals surface area contributed by atoms with Crippen LogP contribution in [0.1, 0.15) is 6.92 Å². The lowest BCUT2D eigenvalue weighted by Crippen LogP contribution is -2.26. The molecule has 0 aromatic carbocycles. The van der Waals surface area contributed by atoms with Gasteiger partial charge in [-0.1, -0.05) is 5.10 Å². The molecule has 0 aliphatic carbocycles. The van der Waals surface area contributed by atoms with Crippen LogP contribution in [0, 0.1) is 0 Å². The molecule has 0 radical (unpaired) electrons. The number of nitrogens with two attached hydrogens (primary N) is 1. The van der Waals surface area contributed by atoms with Gasteiger partial charge in [0.15, 0.2) is 0 Å². The topological polar surface area (TPSA) is 81.7 Å². The van der Waals surface area contributed by atoms with Crippen molar-refractivity contribution in [2.24, 2.45) is 12.8 Å². The van der Waals surface area contributed by atoms with Crippen molar-refractivity contribution in [1.82, 2.24) is 20.2 Å². The molecule has 0 fully saturated rings. The highest BCUT2D eigenvalue weighted by molar-refractivity contribution is 5.22. The number of rotatable bonds is 3. The van der Waals surface area contributed by atoms with Crippen molar-refractivity contribution in [3.8, 4) is 0 Å². The molecule has 6 heteroatoms. The minimum Gasteiger partial charge on any atom is -0.349 e. The van der Waals surface area contributed by atoms with Crippen LogP contribution in [-0.4, -0.2) is 32.8 Å². The molecule has 1 unspecified atom stereocenters. The van der Waals surface area contributed by atoms with Gasteiger partial charge in [0.1, 0.15) is 0 Å². The minimum atomic E-state index is 0.194. The summed E-state index contributed by atoms with van der Waals surface area (Å²) in [7, 11) is 1.77. The summed E-state index contributed by atoms with van der Waals surface area (Å²) in [5.41, 5.74) is 5.40. The summed E-state index contributed by atoms with van der Waals surface area (Å²) in [4.78, 5) is 0. The van der Waals surface area contributed by atoms with E-state index in [2.05, 4.69) is 20.8 Å². The third-order valence-electron chi connectivity index (χ3n) is 1.35. The molecule has 1 rings (SSSR count). The van der Waals surface area contributed by atoms with Crippen LogP contribution >= 0.6 is 0 Å².